The Balaban J connectivity index is 1.82. The zero-order valence-corrected chi connectivity index (χ0v) is 17.4. The average Bonchev–Trinajstić information content (AvgIpc) is 3.33. The van der Waals surface area contributed by atoms with Crippen LogP contribution in [0, 0.1) is 6.92 Å². The number of anilines is 2. The van der Waals surface area contributed by atoms with Crippen LogP contribution in [0.5, 0.6) is 0 Å². The topological polar surface area (TPSA) is 100 Å². The lowest BCUT2D eigenvalue weighted by molar-refractivity contribution is -0.140. The second-order valence-electron chi connectivity index (χ2n) is 7.59. The molecule has 0 aliphatic carbocycles. The first-order valence-corrected chi connectivity index (χ1v) is 9.78. The van der Waals surface area contributed by atoms with Crippen molar-refractivity contribution < 1.29 is 18.0 Å². The number of hydrogen-bond donors (Lipinski definition) is 3. The van der Waals surface area contributed by atoms with E-state index >= 15 is 0 Å². The van der Waals surface area contributed by atoms with Crippen molar-refractivity contribution >= 4 is 23.3 Å². The number of carbonyl (C=O) groups excluding carboxylic acids is 1. The van der Waals surface area contributed by atoms with Gasteiger partial charge in [-0.1, -0.05) is 12.1 Å². The minimum Gasteiger partial charge on any atom is -0.350 e. The van der Waals surface area contributed by atoms with Crippen LogP contribution in [0.25, 0.3) is 16.9 Å². The minimum atomic E-state index is -4.61. The summed E-state index contributed by atoms with van der Waals surface area (Å²) < 4.78 is 41.1. The molecule has 11 heteroatoms. The van der Waals surface area contributed by atoms with E-state index in [9.17, 15) is 18.0 Å². The first-order chi connectivity index (χ1) is 15.1. The van der Waals surface area contributed by atoms with Crippen LogP contribution < -0.4 is 10.6 Å². The van der Waals surface area contributed by atoms with Gasteiger partial charge < -0.3 is 10.6 Å². The van der Waals surface area contributed by atoms with Crippen molar-refractivity contribution in [3.05, 3.63) is 59.5 Å². The molecule has 1 amide bonds. The number of aryl methyl sites for hydroxylation is 1. The first kappa shape index (κ1) is 21.3. The van der Waals surface area contributed by atoms with Gasteiger partial charge in [-0.05, 0) is 32.9 Å². The van der Waals surface area contributed by atoms with Gasteiger partial charge in [0, 0.05) is 41.2 Å². The Hall–Kier alpha value is -3.89. The fraction of sp³-hybridized carbons (Fsp3) is 0.238. The molecule has 0 spiro atoms. The molecule has 166 valence electrons. The summed E-state index contributed by atoms with van der Waals surface area (Å²) >= 11 is 0. The second-order valence-corrected chi connectivity index (χ2v) is 7.59. The summed E-state index contributed by atoms with van der Waals surface area (Å²) in [5.74, 6) is 0.234. The van der Waals surface area contributed by atoms with Crippen molar-refractivity contribution in [1.82, 2.24) is 29.9 Å². The van der Waals surface area contributed by atoms with Gasteiger partial charge in [-0.3, -0.25) is 14.3 Å². The van der Waals surface area contributed by atoms with E-state index in [0.29, 0.717) is 22.6 Å². The maximum Gasteiger partial charge on any atom is 0.434 e. The third-order valence-corrected chi connectivity index (χ3v) is 4.53. The van der Waals surface area contributed by atoms with E-state index in [2.05, 4.69) is 30.8 Å². The van der Waals surface area contributed by atoms with Crippen LogP contribution in [0.15, 0.2) is 42.6 Å². The number of carbonyl (C=O) groups is 1. The highest BCUT2D eigenvalue weighted by Crippen LogP contribution is 2.31. The number of fused-ring (bicyclic) bond motifs is 1. The Kier molecular flexibility index (Phi) is 5.33. The van der Waals surface area contributed by atoms with Crippen molar-refractivity contribution in [3.8, 4) is 11.3 Å². The summed E-state index contributed by atoms with van der Waals surface area (Å²) in [6.07, 6.45) is -3.73. The Morgan fingerprint density at radius 3 is 2.59 bits per heavy atom. The number of imidazole rings is 1. The molecule has 0 unspecified atom stereocenters. The monoisotopic (exact) mass is 443 g/mol. The molecule has 0 atom stereocenters. The molecule has 0 radical (unpaired) electrons. The highest BCUT2D eigenvalue weighted by molar-refractivity contribution is 5.95. The summed E-state index contributed by atoms with van der Waals surface area (Å²) in [6, 6.07) is 9.79. The Bertz CT molecular complexity index is 1290. The number of rotatable bonds is 5. The molecule has 4 rings (SSSR count). The number of benzene rings is 1. The van der Waals surface area contributed by atoms with Crippen LogP contribution in [0.4, 0.5) is 24.9 Å². The van der Waals surface area contributed by atoms with Gasteiger partial charge in [-0.25, -0.2) is 9.97 Å². The molecule has 0 aliphatic rings. The number of amides is 1. The fourth-order valence-corrected chi connectivity index (χ4v) is 3.12. The molecule has 4 aromatic rings. The normalized spacial score (nSPS) is 11.8. The standard InChI is InChI=1S/C21H20F3N7O/c1-11(2)25-19(32)14-6-4-5-13(8-14)15-9-18-27-16(21(22,23)24)10-31(18)20(26-15)28-17-7-12(3)29-30-17/h4-11H,1-3H3,(H,25,32)(H2,26,28,29,30). The van der Waals surface area contributed by atoms with E-state index in [4.69, 9.17) is 0 Å². The molecule has 3 N–H and O–H groups in total. The highest BCUT2D eigenvalue weighted by atomic mass is 19.4. The van der Waals surface area contributed by atoms with Crippen molar-refractivity contribution in [2.75, 3.05) is 5.32 Å². The molecular formula is C21H20F3N7O. The van der Waals surface area contributed by atoms with Crippen molar-refractivity contribution in [3.63, 3.8) is 0 Å². The fourth-order valence-electron chi connectivity index (χ4n) is 3.12. The van der Waals surface area contributed by atoms with Gasteiger partial charge >= 0.3 is 6.18 Å². The first-order valence-electron chi connectivity index (χ1n) is 9.78. The molecule has 1 aromatic carbocycles. The van der Waals surface area contributed by atoms with Gasteiger partial charge in [0.1, 0.15) is 5.65 Å². The SMILES string of the molecule is Cc1cc(Nc2nc(-c3cccc(C(=O)NC(C)C)c3)cc3nc(C(F)(F)F)cn23)n[nH]1. The van der Waals surface area contributed by atoms with E-state index in [-0.39, 0.29) is 23.5 Å². The quantitative estimate of drug-likeness (QED) is 0.426. The summed E-state index contributed by atoms with van der Waals surface area (Å²) in [7, 11) is 0. The van der Waals surface area contributed by atoms with Crippen LogP contribution >= 0.6 is 0 Å². The van der Waals surface area contributed by atoms with Gasteiger partial charge in [-0.15, -0.1) is 0 Å². The number of aromatic amines is 1. The third kappa shape index (κ3) is 4.41. The number of H-pyrrole nitrogens is 1. The van der Waals surface area contributed by atoms with Crippen molar-refractivity contribution in [2.45, 2.75) is 33.0 Å². The molecule has 0 fully saturated rings. The molecule has 0 bridgehead atoms. The van der Waals surface area contributed by atoms with Crippen LogP contribution in [0.1, 0.15) is 35.6 Å². The van der Waals surface area contributed by atoms with Crippen LogP contribution in [-0.2, 0) is 6.18 Å². The van der Waals surface area contributed by atoms with Gasteiger partial charge in [0.25, 0.3) is 5.91 Å². The number of aromatic nitrogens is 5. The predicted octanol–water partition coefficient (Wildman–Crippen LogP) is 4.33. The zero-order chi connectivity index (χ0) is 23.0. The largest absolute Gasteiger partial charge is 0.434 e. The average molecular weight is 443 g/mol. The Morgan fingerprint density at radius 1 is 1.16 bits per heavy atom. The van der Waals surface area contributed by atoms with E-state index in [1.54, 1.807) is 37.3 Å². The van der Waals surface area contributed by atoms with Gasteiger partial charge in [-0.2, -0.15) is 18.3 Å². The third-order valence-electron chi connectivity index (χ3n) is 4.53. The molecule has 8 nitrogen and oxygen atoms in total. The Morgan fingerprint density at radius 2 is 1.94 bits per heavy atom. The maximum atomic E-state index is 13.3. The minimum absolute atomic E-state index is 0.0422. The lowest BCUT2D eigenvalue weighted by atomic mass is 10.1. The predicted molar refractivity (Wildman–Crippen MR) is 113 cm³/mol. The highest BCUT2D eigenvalue weighted by Gasteiger charge is 2.34. The zero-order valence-electron chi connectivity index (χ0n) is 17.4. The van der Waals surface area contributed by atoms with Crippen LogP contribution in [0.3, 0.4) is 0 Å². The van der Waals surface area contributed by atoms with E-state index in [1.807, 2.05) is 13.8 Å². The van der Waals surface area contributed by atoms with Gasteiger partial charge in [0.05, 0.1) is 5.69 Å². The van der Waals surface area contributed by atoms with E-state index in [0.717, 1.165) is 11.9 Å². The number of nitrogens with zero attached hydrogens (tertiary/aromatic N) is 4. The van der Waals surface area contributed by atoms with Gasteiger partial charge in [0.15, 0.2) is 11.5 Å². The van der Waals surface area contributed by atoms with Crippen LogP contribution in [-0.4, -0.2) is 36.5 Å². The summed E-state index contributed by atoms with van der Waals surface area (Å²) in [5, 5.41) is 12.6. The smallest absolute Gasteiger partial charge is 0.350 e. The maximum absolute atomic E-state index is 13.3. The summed E-state index contributed by atoms with van der Waals surface area (Å²) in [4.78, 5) is 20.6. The lowest BCUT2D eigenvalue weighted by Gasteiger charge is -2.11. The summed E-state index contributed by atoms with van der Waals surface area (Å²) in [6.45, 7) is 5.50. The number of hydrogen-bond acceptors (Lipinski definition) is 5. The van der Waals surface area contributed by atoms with Crippen LogP contribution in [0.2, 0.25) is 0 Å². The molecule has 0 saturated carbocycles. The van der Waals surface area contributed by atoms with Gasteiger partial charge in [0.2, 0.25) is 5.95 Å². The number of nitrogens with one attached hydrogen (secondary N) is 3. The molecule has 3 heterocycles. The summed E-state index contributed by atoms with van der Waals surface area (Å²) in [5.41, 5.74) is 1.10. The molecule has 0 saturated heterocycles. The van der Waals surface area contributed by atoms with E-state index in [1.165, 1.54) is 10.5 Å². The van der Waals surface area contributed by atoms with E-state index < -0.39 is 11.9 Å². The van der Waals surface area contributed by atoms with Crippen molar-refractivity contribution in [2.24, 2.45) is 0 Å². The molecule has 32 heavy (non-hydrogen) atoms. The Labute approximate surface area is 180 Å². The second kappa shape index (κ2) is 7.98. The molecular weight excluding hydrogens is 423 g/mol. The number of halogens is 3. The van der Waals surface area contributed by atoms with Crippen molar-refractivity contribution in [1.29, 1.82) is 0 Å². The number of alkyl halides is 3. The lowest BCUT2D eigenvalue weighted by Crippen LogP contribution is -2.30. The molecule has 3 aromatic heterocycles. The molecule has 0 aliphatic heterocycles.